The summed E-state index contributed by atoms with van der Waals surface area (Å²) in [5, 5.41) is 12.6. The second-order valence-corrected chi connectivity index (χ2v) is 8.35. The largest absolute Gasteiger partial charge is 0.354 e. The number of hydrogen-bond acceptors (Lipinski definition) is 5. The maximum Gasteiger partial charge on any atom is 0.260 e. The van der Waals surface area contributed by atoms with E-state index in [0.717, 1.165) is 49.1 Å². The van der Waals surface area contributed by atoms with Gasteiger partial charge in [-0.25, -0.2) is 9.37 Å². The molecule has 0 aliphatic carbocycles. The minimum Gasteiger partial charge on any atom is -0.354 e. The van der Waals surface area contributed by atoms with Crippen molar-refractivity contribution in [3.05, 3.63) is 63.3 Å². The Labute approximate surface area is 182 Å². The van der Waals surface area contributed by atoms with Crippen molar-refractivity contribution >= 4 is 39.4 Å². The summed E-state index contributed by atoms with van der Waals surface area (Å²) in [5.41, 5.74) is 2.19. The molecule has 160 valence electrons. The van der Waals surface area contributed by atoms with Gasteiger partial charge >= 0.3 is 0 Å². The van der Waals surface area contributed by atoms with E-state index in [2.05, 4.69) is 30.4 Å². The van der Waals surface area contributed by atoms with Crippen LogP contribution in [-0.2, 0) is 0 Å². The Kier molecular flexibility index (Phi) is 5.33. The molecule has 0 saturated carbocycles. The number of benzene rings is 2. The minimum atomic E-state index is -0.254. The highest BCUT2D eigenvalue weighted by atomic mass is 35.5. The number of hydrogen-bond donors (Lipinski definition) is 3. The lowest BCUT2D eigenvalue weighted by atomic mass is 9.91. The van der Waals surface area contributed by atoms with E-state index in [-0.39, 0.29) is 11.4 Å². The highest BCUT2D eigenvalue weighted by Crippen LogP contribution is 2.31. The number of aromatic amines is 2. The summed E-state index contributed by atoms with van der Waals surface area (Å²) in [7, 11) is 0. The Morgan fingerprint density at radius 1 is 1.16 bits per heavy atom. The summed E-state index contributed by atoms with van der Waals surface area (Å²) in [5.74, 6) is 0.578. The molecule has 2 aromatic heterocycles. The lowest BCUT2D eigenvalue weighted by Gasteiger charge is -2.31. The van der Waals surface area contributed by atoms with Crippen molar-refractivity contribution in [3.8, 4) is 0 Å². The van der Waals surface area contributed by atoms with E-state index < -0.39 is 0 Å². The third-order valence-corrected chi connectivity index (χ3v) is 6.15. The minimum absolute atomic E-state index is 0.207. The number of nitrogens with one attached hydrogen (secondary N) is 3. The van der Waals surface area contributed by atoms with Crippen LogP contribution < -0.4 is 10.9 Å². The fourth-order valence-corrected chi connectivity index (χ4v) is 4.45. The van der Waals surface area contributed by atoms with E-state index in [4.69, 9.17) is 11.6 Å². The first-order valence-electron chi connectivity index (χ1n) is 10.4. The van der Waals surface area contributed by atoms with Crippen LogP contribution in [0.2, 0.25) is 5.02 Å². The molecule has 0 radical (unpaired) electrons. The third-order valence-electron chi connectivity index (χ3n) is 5.92. The van der Waals surface area contributed by atoms with E-state index in [9.17, 15) is 9.18 Å². The standard InChI is InChI=1S/C22H22ClFN6O/c23-14-1-4-18-17(11-14)21(31)27-22(26-18)25-7-10-30-8-5-13(6-9-30)20-16-3-2-15(24)12-19(16)28-29-20/h1-4,11-13H,5-10H2,(H,28,29)(H2,25,26,27,31). The van der Waals surface area contributed by atoms with Gasteiger partial charge in [-0.2, -0.15) is 5.10 Å². The Hall–Kier alpha value is -2.97. The highest BCUT2D eigenvalue weighted by molar-refractivity contribution is 6.31. The van der Waals surface area contributed by atoms with Gasteiger partial charge in [-0.15, -0.1) is 0 Å². The maximum absolute atomic E-state index is 13.4. The maximum atomic E-state index is 13.4. The number of fused-ring (bicyclic) bond motifs is 2. The van der Waals surface area contributed by atoms with Gasteiger partial charge in [0.25, 0.3) is 5.56 Å². The van der Waals surface area contributed by atoms with Crippen LogP contribution in [0.4, 0.5) is 10.3 Å². The molecular formula is C22H22ClFN6O. The van der Waals surface area contributed by atoms with Gasteiger partial charge < -0.3 is 10.2 Å². The van der Waals surface area contributed by atoms with Crippen LogP contribution in [0.3, 0.4) is 0 Å². The normalized spacial score (nSPS) is 15.7. The average Bonchev–Trinajstić information content (AvgIpc) is 3.18. The fourth-order valence-electron chi connectivity index (χ4n) is 4.28. The number of piperidine rings is 1. The number of rotatable bonds is 5. The van der Waals surface area contributed by atoms with Crippen LogP contribution in [0.25, 0.3) is 21.8 Å². The lowest BCUT2D eigenvalue weighted by Crippen LogP contribution is -2.36. The number of aromatic nitrogens is 4. The van der Waals surface area contributed by atoms with Gasteiger partial charge in [0.05, 0.1) is 22.1 Å². The molecule has 5 rings (SSSR count). The van der Waals surface area contributed by atoms with Gasteiger partial charge in [0.15, 0.2) is 0 Å². The van der Waals surface area contributed by atoms with E-state index in [1.165, 1.54) is 12.1 Å². The summed E-state index contributed by atoms with van der Waals surface area (Å²) in [4.78, 5) is 21.9. The van der Waals surface area contributed by atoms with Crippen molar-refractivity contribution in [1.29, 1.82) is 0 Å². The lowest BCUT2D eigenvalue weighted by molar-refractivity contribution is 0.218. The van der Waals surface area contributed by atoms with Crippen LogP contribution >= 0.6 is 11.6 Å². The molecule has 0 amide bonds. The molecule has 1 aliphatic heterocycles. The predicted molar refractivity (Wildman–Crippen MR) is 120 cm³/mol. The summed E-state index contributed by atoms with van der Waals surface area (Å²) >= 11 is 5.96. The molecule has 1 fully saturated rings. The molecule has 0 bridgehead atoms. The highest BCUT2D eigenvalue weighted by Gasteiger charge is 2.24. The molecule has 0 spiro atoms. The second-order valence-electron chi connectivity index (χ2n) is 7.92. The summed E-state index contributed by atoms with van der Waals surface area (Å²) < 4.78 is 13.4. The first-order chi connectivity index (χ1) is 15.1. The van der Waals surface area contributed by atoms with Gasteiger partial charge in [0.1, 0.15) is 5.82 Å². The molecule has 4 aromatic rings. The van der Waals surface area contributed by atoms with Crippen LogP contribution in [0.1, 0.15) is 24.5 Å². The van der Waals surface area contributed by atoms with Crippen molar-refractivity contribution in [1.82, 2.24) is 25.1 Å². The van der Waals surface area contributed by atoms with Gasteiger partial charge in [0.2, 0.25) is 5.95 Å². The van der Waals surface area contributed by atoms with Crippen molar-refractivity contribution in [2.45, 2.75) is 18.8 Å². The van der Waals surface area contributed by atoms with Crippen LogP contribution in [-0.4, -0.2) is 51.2 Å². The van der Waals surface area contributed by atoms with E-state index in [1.807, 2.05) is 6.07 Å². The zero-order valence-corrected chi connectivity index (χ0v) is 17.5. The molecule has 7 nitrogen and oxygen atoms in total. The number of likely N-dealkylation sites (tertiary alicyclic amines) is 1. The topological polar surface area (TPSA) is 89.7 Å². The Balaban J connectivity index is 1.16. The molecule has 9 heteroatoms. The van der Waals surface area contributed by atoms with E-state index in [1.54, 1.807) is 18.2 Å². The number of H-pyrrole nitrogens is 2. The van der Waals surface area contributed by atoms with Crippen LogP contribution in [0, 0.1) is 5.82 Å². The van der Waals surface area contributed by atoms with Gasteiger partial charge in [-0.1, -0.05) is 11.6 Å². The van der Waals surface area contributed by atoms with Crippen LogP contribution in [0.5, 0.6) is 0 Å². The molecule has 31 heavy (non-hydrogen) atoms. The number of anilines is 1. The predicted octanol–water partition coefficient (Wildman–Crippen LogP) is 3.88. The first-order valence-corrected chi connectivity index (χ1v) is 10.7. The Morgan fingerprint density at radius 2 is 2.00 bits per heavy atom. The third kappa shape index (κ3) is 4.13. The van der Waals surface area contributed by atoms with Gasteiger partial charge in [-0.05, 0) is 62.3 Å². The average molecular weight is 441 g/mol. The molecule has 1 aliphatic rings. The van der Waals surface area contributed by atoms with Crippen molar-refractivity contribution in [2.24, 2.45) is 0 Å². The molecule has 3 N–H and O–H groups in total. The Bertz CT molecular complexity index is 1290. The quantitative estimate of drug-likeness (QED) is 0.438. The fraction of sp³-hybridized carbons (Fsp3) is 0.318. The van der Waals surface area contributed by atoms with E-state index >= 15 is 0 Å². The van der Waals surface area contributed by atoms with Crippen molar-refractivity contribution in [3.63, 3.8) is 0 Å². The van der Waals surface area contributed by atoms with Gasteiger partial charge in [-0.3, -0.25) is 14.9 Å². The summed E-state index contributed by atoms with van der Waals surface area (Å²) in [6.45, 7) is 3.45. The molecular weight excluding hydrogens is 419 g/mol. The zero-order chi connectivity index (χ0) is 21.4. The second kappa shape index (κ2) is 8.28. The van der Waals surface area contributed by atoms with Crippen LogP contribution in [0.15, 0.2) is 41.2 Å². The number of halogens is 2. The molecule has 0 unspecified atom stereocenters. The van der Waals surface area contributed by atoms with Gasteiger partial charge in [0, 0.05) is 29.4 Å². The van der Waals surface area contributed by atoms with Crippen molar-refractivity contribution < 1.29 is 4.39 Å². The molecule has 3 heterocycles. The molecule has 2 aromatic carbocycles. The summed E-state index contributed by atoms with van der Waals surface area (Å²) in [6.07, 6.45) is 2.01. The first kappa shape index (κ1) is 20.0. The van der Waals surface area contributed by atoms with E-state index in [0.29, 0.717) is 34.3 Å². The molecule has 0 atom stereocenters. The SMILES string of the molecule is O=c1[nH]c(NCCN2CCC(c3n[nH]c4cc(F)ccc34)CC2)nc2ccc(Cl)cc12. The monoisotopic (exact) mass is 440 g/mol. The summed E-state index contributed by atoms with van der Waals surface area (Å²) in [6, 6.07) is 9.88. The Morgan fingerprint density at radius 3 is 2.84 bits per heavy atom. The number of nitrogens with zero attached hydrogens (tertiary/aromatic N) is 3. The smallest absolute Gasteiger partial charge is 0.260 e. The molecule has 1 saturated heterocycles. The van der Waals surface area contributed by atoms with Crippen molar-refractivity contribution in [2.75, 3.05) is 31.5 Å². The zero-order valence-electron chi connectivity index (χ0n) is 16.8.